The number of urea groups is 1. The molecule has 30 heavy (non-hydrogen) atoms. The molecule has 0 aliphatic carbocycles. The van der Waals surface area contributed by atoms with Gasteiger partial charge in [0, 0.05) is 31.7 Å². The number of carbonyl (C=O) groups excluding carboxylic acids is 2. The van der Waals surface area contributed by atoms with E-state index in [9.17, 15) is 14.0 Å². The molecule has 1 aliphatic heterocycles. The highest BCUT2D eigenvalue weighted by atomic mass is 19.1. The summed E-state index contributed by atoms with van der Waals surface area (Å²) in [6, 6.07) is 5.33. The van der Waals surface area contributed by atoms with Gasteiger partial charge in [-0.05, 0) is 45.0 Å². The van der Waals surface area contributed by atoms with Gasteiger partial charge in [0.05, 0.1) is 18.2 Å². The topological polar surface area (TPSA) is 87.9 Å². The van der Waals surface area contributed by atoms with Crippen LogP contribution in [0.15, 0.2) is 28.8 Å². The van der Waals surface area contributed by atoms with E-state index in [1.165, 1.54) is 12.1 Å². The van der Waals surface area contributed by atoms with Crippen LogP contribution in [0.4, 0.5) is 9.18 Å². The maximum absolute atomic E-state index is 12.9. The van der Waals surface area contributed by atoms with E-state index in [1.807, 2.05) is 13.8 Å². The van der Waals surface area contributed by atoms with Crippen LogP contribution >= 0.6 is 0 Å². The lowest BCUT2D eigenvalue weighted by Gasteiger charge is -2.35. The van der Waals surface area contributed by atoms with Crippen LogP contribution in [-0.4, -0.2) is 65.7 Å². The van der Waals surface area contributed by atoms with E-state index < -0.39 is 0 Å². The minimum Gasteiger partial charge on any atom is -0.491 e. The molecule has 162 valence electrons. The lowest BCUT2D eigenvalue weighted by atomic mass is 10.1. The molecule has 1 unspecified atom stereocenters. The first kappa shape index (κ1) is 21.6. The van der Waals surface area contributed by atoms with Crippen molar-refractivity contribution in [3.63, 3.8) is 0 Å². The molecule has 0 radical (unpaired) electrons. The maximum Gasteiger partial charge on any atom is 0.317 e. The summed E-state index contributed by atoms with van der Waals surface area (Å²) in [5.41, 5.74) is 1.56. The highest BCUT2D eigenvalue weighted by molar-refractivity contribution is 5.80. The number of nitrogens with zero attached hydrogens (tertiary/aromatic N) is 3. The van der Waals surface area contributed by atoms with Crippen LogP contribution in [0.2, 0.25) is 0 Å². The molecule has 0 bridgehead atoms. The van der Waals surface area contributed by atoms with Gasteiger partial charge in [-0.1, -0.05) is 5.16 Å². The quantitative estimate of drug-likeness (QED) is 0.778. The molecule has 1 aromatic carbocycles. The van der Waals surface area contributed by atoms with Crippen LogP contribution in [0, 0.1) is 19.7 Å². The molecule has 1 fully saturated rings. The molecule has 1 aliphatic rings. The van der Waals surface area contributed by atoms with Crippen LogP contribution in [-0.2, 0) is 11.2 Å². The average Bonchev–Trinajstić information content (AvgIpc) is 3.05. The number of nitrogens with one attached hydrogen (secondary N) is 1. The van der Waals surface area contributed by atoms with Crippen molar-refractivity contribution < 1.29 is 23.2 Å². The fraction of sp³-hybridized carbons (Fsp3) is 0.476. The lowest BCUT2D eigenvalue weighted by molar-refractivity contribution is -0.131. The zero-order valence-corrected chi connectivity index (χ0v) is 17.5. The standard InChI is InChI=1S/C21H27FN4O4/c1-14(13-29-18-6-4-17(22)5-7-18)23-21(28)26-10-8-25(9-11-26)20(27)12-19-15(2)24-30-16(19)3/h4-7,14H,8-13H2,1-3H3,(H,23,28). The van der Waals surface area contributed by atoms with Gasteiger partial charge in [0.2, 0.25) is 5.91 Å². The van der Waals surface area contributed by atoms with Gasteiger partial charge in [-0.25, -0.2) is 9.18 Å². The summed E-state index contributed by atoms with van der Waals surface area (Å²) in [6.07, 6.45) is 0.255. The summed E-state index contributed by atoms with van der Waals surface area (Å²) in [4.78, 5) is 28.5. The number of piperazine rings is 1. The Hall–Kier alpha value is -3.10. The van der Waals surface area contributed by atoms with Crippen molar-refractivity contribution in [1.82, 2.24) is 20.3 Å². The fourth-order valence-electron chi connectivity index (χ4n) is 3.27. The van der Waals surface area contributed by atoms with Crippen LogP contribution in [0.25, 0.3) is 0 Å². The van der Waals surface area contributed by atoms with Crippen LogP contribution in [0.5, 0.6) is 5.75 Å². The average molecular weight is 418 g/mol. The number of ether oxygens (including phenoxy) is 1. The number of aromatic nitrogens is 1. The van der Waals surface area contributed by atoms with Gasteiger partial charge in [0.15, 0.2) is 0 Å². The van der Waals surface area contributed by atoms with Gasteiger partial charge in [-0.3, -0.25) is 4.79 Å². The van der Waals surface area contributed by atoms with E-state index in [4.69, 9.17) is 9.26 Å². The van der Waals surface area contributed by atoms with Gasteiger partial charge >= 0.3 is 6.03 Å². The minimum atomic E-state index is -0.326. The second kappa shape index (κ2) is 9.60. The third-order valence-corrected chi connectivity index (χ3v) is 5.11. The molecule has 1 saturated heterocycles. The van der Waals surface area contributed by atoms with E-state index in [0.29, 0.717) is 37.7 Å². The third-order valence-electron chi connectivity index (χ3n) is 5.11. The summed E-state index contributed by atoms with van der Waals surface area (Å²) in [5.74, 6) is 0.886. The summed E-state index contributed by atoms with van der Waals surface area (Å²) in [7, 11) is 0. The van der Waals surface area contributed by atoms with Crippen molar-refractivity contribution in [2.45, 2.75) is 33.2 Å². The van der Waals surface area contributed by atoms with Crippen LogP contribution in [0.1, 0.15) is 23.9 Å². The number of amides is 3. The predicted octanol–water partition coefficient (Wildman–Crippen LogP) is 2.29. The first-order valence-electron chi connectivity index (χ1n) is 9.97. The van der Waals surface area contributed by atoms with Crippen molar-refractivity contribution in [3.8, 4) is 5.75 Å². The monoisotopic (exact) mass is 418 g/mol. The van der Waals surface area contributed by atoms with E-state index in [0.717, 1.165) is 11.3 Å². The molecule has 3 rings (SSSR count). The Balaban J connectivity index is 1.41. The first-order valence-corrected chi connectivity index (χ1v) is 9.97. The molecule has 3 amide bonds. The highest BCUT2D eigenvalue weighted by Crippen LogP contribution is 2.15. The van der Waals surface area contributed by atoms with Crippen molar-refractivity contribution in [2.24, 2.45) is 0 Å². The number of hydrogen-bond acceptors (Lipinski definition) is 5. The Morgan fingerprint density at radius 1 is 1.17 bits per heavy atom. The Bertz CT molecular complexity index is 856. The SMILES string of the molecule is Cc1noc(C)c1CC(=O)N1CCN(C(=O)NC(C)COc2ccc(F)cc2)CC1. The summed E-state index contributed by atoms with van der Waals surface area (Å²) in [6.45, 7) is 7.62. The maximum atomic E-state index is 12.9. The summed E-state index contributed by atoms with van der Waals surface area (Å²) >= 11 is 0. The largest absolute Gasteiger partial charge is 0.491 e. The number of rotatable bonds is 6. The van der Waals surface area contributed by atoms with Gasteiger partial charge in [-0.2, -0.15) is 0 Å². The second-order valence-corrected chi connectivity index (χ2v) is 7.46. The van der Waals surface area contributed by atoms with Crippen LogP contribution < -0.4 is 10.1 Å². The van der Waals surface area contributed by atoms with Crippen LogP contribution in [0.3, 0.4) is 0 Å². The summed E-state index contributed by atoms with van der Waals surface area (Å²) in [5, 5.41) is 6.77. The van der Waals surface area contributed by atoms with Crippen molar-refractivity contribution in [3.05, 3.63) is 47.1 Å². The predicted molar refractivity (Wildman–Crippen MR) is 108 cm³/mol. The molecule has 8 nitrogen and oxygen atoms in total. The molecule has 1 N–H and O–H groups in total. The molecular weight excluding hydrogens is 391 g/mol. The van der Waals surface area contributed by atoms with Crippen molar-refractivity contribution >= 4 is 11.9 Å². The van der Waals surface area contributed by atoms with Gasteiger partial charge in [0.25, 0.3) is 0 Å². The van der Waals surface area contributed by atoms with Crippen molar-refractivity contribution in [1.29, 1.82) is 0 Å². The Morgan fingerprint density at radius 2 is 1.80 bits per heavy atom. The third kappa shape index (κ3) is 5.49. The molecule has 0 spiro atoms. The highest BCUT2D eigenvalue weighted by Gasteiger charge is 2.26. The van der Waals surface area contributed by atoms with Gasteiger partial charge < -0.3 is 24.4 Å². The van der Waals surface area contributed by atoms with Gasteiger partial charge in [-0.15, -0.1) is 0 Å². The number of halogens is 1. The normalized spacial score (nSPS) is 15.1. The number of hydrogen-bond donors (Lipinski definition) is 1. The molecule has 2 heterocycles. The molecular formula is C21H27FN4O4. The zero-order chi connectivity index (χ0) is 21.7. The smallest absolute Gasteiger partial charge is 0.317 e. The molecule has 1 atom stereocenters. The van der Waals surface area contributed by atoms with E-state index in [-0.39, 0.29) is 36.8 Å². The second-order valence-electron chi connectivity index (χ2n) is 7.46. The number of aryl methyl sites for hydroxylation is 2. The molecule has 2 aromatic rings. The van der Waals surface area contributed by atoms with E-state index in [2.05, 4.69) is 10.5 Å². The Kier molecular flexibility index (Phi) is 6.91. The summed E-state index contributed by atoms with van der Waals surface area (Å²) < 4.78 is 23.6. The number of carbonyl (C=O) groups is 2. The molecule has 1 aromatic heterocycles. The lowest BCUT2D eigenvalue weighted by Crippen LogP contribution is -2.55. The minimum absolute atomic E-state index is 0.00511. The first-order chi connectivity index (χ1) is 14.3. The fourth-order valence-corrected chi connectivity index (χ4v) is 3.27. The van der Waals surface area contributed by atoms with E-state index in [1.54, 1.807) is 28.9 Å². The van der Waals surface area contributed by atoms with E-state index >= 15 is 0 Å². The Morgan fingerprint density at radius 3 is 2.40 bits per heavy atom. The Labute approximate surface area is 174 Å². The van der Waals surface area contributed by atoms with Crippen molar-refractivity contribution in [2.75, 3.05) is 32.8 Å². The van der Waals surface area contributed by atoms with Gasteiger partial charge in [0.1, 0.15) is 23.9 Å². The molecule has 9 heteroatoms. The number of benzene rings is 1. The zero-order valence-electron chi connectivity index (χ0n) is 17.5. The molecule has 0 saturated carbocycles.